The van der Waals surface area contributed by atoms with Crippen LogP contribution in [0.25, 0.3) is 11.0 Å². The molecule has 2 atom stereocenters. The zero-order valence-electron chi connectivity index (χ0n) is 23.5. The van der Waals surface area contributed by atoms with E-state index in [1.54, 1.807) is 6.07 Å². The highest BCUT2D eigenvalue weighted by Gasteiger charge is 2.26. The largest absolute Gasteiger partial charge is 0.469 e. The maximum absolute atomic E-state index is 12.8. The molecule has 3 rings (SSSR count). The molecule has 0 aliphatic carbocycles. The number of methoxy groups -OCH3 is 2. The van der Waals surface area contributed by atoms with Gasteiger partial charge in [-0.1, -0.05) is 58.4 Å². The molecule has 2 unspecified atom stereocenters. The highest BCUT2D eigenvalue weighted by molar-refractivity contribution is 7.99. The van der Waals surface area contributed by atoms with Gasteiger partial charge in [0.2, 0.25) is 5.76 Å². The molecule has 1 N–H and O–H groups in total. The highest BCUT2D eigenvalue weighted by atomic mass is 32.2. The van der Waals surface area contributed by atoms with Crippen LogP contribution in [0.3, 0.4) is 0 Å². The molecule has 39 heavy (non-hydrogen) atoms. The molecule has 0 saturated heterocycles. The summed E-state index contributed by atoms with van der Waals surface area (Å²) in [5.74, 6) is -1.17. The Morgan fingerprint density at radius 1 is 1.05 bits per heavy atom. The fraction of sp³-hybridized carbons (Fsp3) is 0.452. The number of aliphatic hydroxyl groups is 1. The van der Waals surface area contributed by atoms with E-state index < -0.39 is 12.1 Å². The molecule has 210 valence electrons. The summed E-state index contributed by atoms with van der Waals surface area (Å²) >= 11 is 1.49. The van der Waals surface area contributed by atoms with Crippen LogP contribution in [-0.4, -0.2) is 37.4 Å². The van der Waals surface area contributed by atoms with Crippen LogP contribution in [0.5, 0.6) is 0 Å². The van der Waals surface area contributed by atoms with Crippen LogP contribution in [0.15, 0.2) is 56.6 Å². The number of hydrogen-bond acceptors (Lipinski definition) is 8. The zero-order chi connectivity index (χ0) is 28.7. The van der Waals surface area contributed by atoms with Gasteiger partial charge in [-0.3, -0.25) is 9.59 Å². The van der Waals surface area contributed by atoms with Crippen molar-refractivity contribution < 1.29 is 28.6 Å². The third kappa shape index (κ3) is 7.51. The van der Waals surface area contributed by atoms with Gasteiger partial charge in [-0.2, -0.15) is 0 Å². The molecule has 8 heteroatoms. The molecule has 0 radical (unpaired) electrons. The van der Waals surface area contributed by atoms with Crippen LogP contribution in [0, 0.1) is 0 Å². The lowest BCUT2D eigenvalue weighted by molar-refractivity contribution is -0.140. The summed E-state index contributed by atoms with van der Waals surface area (Å²) in [6.07, 6.45) is 1.77. The molecule has 0 fully saturated rings. The number of fused-ring (bicyclic) bond motifs is 1. The topological polar surface area (TPSA) is 103 Å². The molecule has 0 bridgehead atoms. The fourth-order valence-corrected chi connectivity index (χ4v) is 5.79. The van der Waals surface area contributed by atoms with E-state index in [-0.39, 0.29) is 34.2 Å². The minimum absolute atomic E-state index is 0.0121. The molecule has 0 amide bonds. The standard InChI is InChI=1S/C31H38O7S/c1-7-9-22-26(17-16-21-24(33)18-25(30(35)37-6)38-28(21)22)39-29(23(32)10-8-11-27(34)36-5)19-12-14-20(15-13-19)31(2,3)4/h12-18,23,29,32H,7-11H2,1-6H3. The van der Waals surface area contributed by atoms with Crippen LogP contribution in [0.4, 0.5) is 0 Å². The zero-order valence-corrected chi connectivity index (χ0v) is 24.4. The first-order valence-electron chi connectivity index (χ1n) is 13.2. The molecule has 3 aromatic rings. The van der Waals surface area contributed by atoms with E-state index in [9.17, 15) is 19.5 Å². The van der Waals surface area contributed by atoms with Crippen LogP contribution >= 0.6 is 11.8 Å². The van der Waals surface area contributed by atoms with Gasteiger partial charge in [0.1, 0.15) is 5.58 Å². The molecule has 0 aliphatic rings. The molecular weight excluding hydrogens is 516 g/mol. The third-order valence-corrected chi connectivity index (χ3v) is 8.14. The van der Waals surface area contributed by atoms with Crippen molar-refractivity contribution in [2.45, 2.75) is 81.5 Å². The first-order chi connectivity index (χ1) is 18.5. The summed E-state index contributed by atoms with van der Waals surface area (Å²) in [7, 11) is 2.59. The number of aryl methyl sites for hydroxylation is 1. The second-order valence-corrected chi connectivity index (χ2v) is 11.8. The summed E-state index contributed by atoms with van der Waals surface area (Å²) in [5.41, 5.74) is 2.97. The smallest absolute Gasteiger partial charge is 0.374 e. The molecule has 7 nitrogen and oxygen atoms in total. The number of carbonyl (C=O) groups excluding carboxylic acids is 2. The van der Waals surface area contributed by atoms with Gasteiger partial charge >= 0.3 is 11.9 Å². The quantitative estimate of drug-likeness (QED) is 0.216. The highest BCUT2D eigenvalue weighted by Crippen LogP contribution is 2.43. The molecule has 0 aliphatic heterocycles. The second-order valence-electron chi connectivity index (χ2n) is 10.6. The molecule has 0 spiro atoms. The van der Waals surface area contributed by atoms with E-state index in [4.69, 9.17) is 13.9 Å². The summed E-state index contributed by atoms with van der Waals surface area (Å²) < 4.78 is 15.5. The maximum atomic E-state index is 12.8. The first-order valence-corrected chi connectivity index (χ1v) is 14.1. The van der Waals surface area contributed by atoms with Crippen LogP contribution < -0.4 is 5.43 Å². The van der Waals surface area contributed by atoms with E-state index in [2.05, 4.69) is 32.9 Å². The monoisotopic (exact) mass is 554 g/mol. The molecular formula is C31H38O7S. The summed E-state index contributed by atoms with van der Waals surface area (Å²) in [5, 5.41) is 11.4. The van der Waals surface area contributed by atoms with E-state index in [1.165, 1.54) is 31.5 Å². The van der Waals surface area contributed by atoms with Crippen molar-refractivity contribution in [1.29, 1.82) is 0 Å². The average molecular weight is 555 g/mol. The molecule has 2 aromatic carbocycles. The molecule has 1 aromatic heterocycles. The van der Waals surface area contributed by atoms with Crippen molar-refractivity contribution in [2.24, 2.45) is 0 Å². The number of ether oxygens (including phenoxy) is 2. The third-order valence-electron chi connectivity index (χ3n) is 6.66. The predicted octanol–water partition coefficient (Wildman–Crippen LogP) is 6.37. The number of hydrogen-bond donors (Lipinski definition) is 1. The Balaban J connectivity index is 2.07. The van der Waals surface area contributed by atoms with Crippen molar-refractivity contribution >= 4 is 34.7 Å². The van der Waals surface area contributed by atoms with Crippen LogP contribution in [-0.2, 0) is 26.1 Å². The Morgan fingerprint density at radius 2 is 1.74 bits per heavy atom. The number of benzene rings is 2. The van der Waals surface area contributed by atoms with Crippen molar-refractivity contribution in [3.8, 4) is 0 Å². The second kappa shape index (κ2) is 13.3. The average Bonchev–Trinajstić information content (AvgIpc) is 2.91. The van der Waals surface area contributed by atoms with E-state index in [0.717, 1.165) is 28.5 Å². The van der Waals surface area contributed by atoms with Crippen LogP contribution in [0.1, 0.15) is 85.9 Å². The normalized spacial score (nSPS) is 13.2. The number of esters is 2. The van der Waals surface area contributed by atoms with Gasteiger partial charge in [0, 0.05) is 22.9 Å². The first kappa shape index (κ1) is 30.4. The van der Waals surface area contributed by atoms with Gasteiger partial charge in [-0.15, -0.1) is 11.8 Å². The van der Waals surface area contributed by atoms with E-state index in [0.29, 0.717) is 30.2 Å². The Kier molecular flexibility index (Phi) is 10.4. The maximum Gasteiger partial charge on any atom is 0.374 e. The Labute approximate surface area is 233 Å². The van der Waals surface area contributed by atoms with Crippen molar-refractivity contribution in [1.82, 2.24) is 0 Å². The lowest BCUT2D eigenvalue weighted by Crippen LogP contribution is -2.18. The van der Waals surface area contributed by atoms with Gasteiger partial charge in [-0.25, -0.2) is 4.79 Å². The van der Waals surface area contributed by atoms with Gasteiger partial charge in [0.05, 0.1) is 31.0 Å². The number of rotatable bonds is 11. The van der Waals surface area contributed by atoms with Gasteiger partial charge < -0.3 is 19.0 Å². The molecule has 0 saturated carbocycles. The summed E-state index contributed by atoms with van der Waals surface area (Å²) in [6.45, 7) is 8.48. The van der Waals surface area contributed by atoms with E-state index in [1.807, 2.05) is 25.1 Å². The predicted molar refractivity (Wildman–Crippen MR) is 153 cm³/mol. The number of aliphatic hydroxyl groups excluding tert-OH is 1. The Bertz CT molecular complexity index is 1350. The van der Waals surface area contributed by atoms with Crippen molar-refractivity contribution in [3.05, 3.63) is 75.1 Å². The van der Waals surface area contributed by atoms with Crippen LogP contribution in [0.2, 0.25) is 0 Å². The Hall–Kier alpha value is -3.10. The van der Waals surface area contributed by atoms with Crippen molar-refractivity contribution in [2.75, 3.05) is 14.2 Å². The lowest BCUT2D eigenvalue weighted by Gasteiger charge is -2.26. The van der Waals surface area contributed by atoms with Gasteiger partial charge in [-0.05, 0) is 47.9 Å². The number of thioether (sulfide) groups is 1. The number of carbonyl (C=O) groups is 2. The minimum Gasteiger partial charge on any atom is -0.469 e. The van der Waals surface area contributed by atoms with Crippen molar-refractivity contribution in [3.63, 3.8) is 0 Å². The SMILES string of the molecule is CCCc1c(SC(c2ccc(C(C)(C)C)cc2)C(O)CCCC(=O)OC)ccc2c(=O)cc(C(=O)OC)oc12. The minimum atomic E-state index is -0.751. The fourth-order valence-electron chi connectivity index (χ4n) is 4.44. The summed E-state index contributed by atoms with van der Waals surface area (Å²) in [4.78, 5) is 37.5. The molecule has 1 heterocycles. The van der Waals surface area contributed by atoms with E-state index >= 15 is 0 Å². The lowest BCUT2D eigenvalue weighted by atomic mass is 9.86. The van der Waals surface area contributed by atoms with Gasteiger partial charge in [0.25, 0.3) is 0 Å². The summed E-state index contributed by atoms with van der Waals surface area (Å²) in [6, 6.07) is 13.0. The van der Waals surface area contributed by atoms with Gasteiger partial charge in [0.15, 0.2) is 5.43 Å². The Morgan fingerprint density at radius 3 is 2.33 bits per heavy atom.